The smallest absolute Gasteiger partial charge is 0.243 e. The molecule has 3 aromatic carbocycles. The number of amides is 1. The van der Waals surface area contributed by atoms with Crippen molar-refractivity contribution in [1.29, 1.82) is 0 Å². The van der Waals surface area contributed by atoms with Crippen LogP contribution < -0.4 is 25.4 Å². The number of hydrogen-bond acceptors (Lipinski definition) is 6. The molecule has 7 heteroatoms. The van der Waals surface area contributed by atoms with Crippen LogP contribution in [0.4, 0.5) is 11.4 Å². The van der Waals surface area contributed by atoms with Crippen LogP contribution in [0.1, 0.15) is 0 Å². The van der Waals surface area contributed by atoms with Crippen molar-refractivity contribution >= 4 is 17.3 Å². The van der Waals surface area contributed by atoms with Crippen molar-refractivity contribution in [2.45, 2.75) is 0 Å². The van der Waals surface area contributed by atoms with Crippen LogP contribution in [-0.2, 0) is 9.53 Å². The number of carbonyl (C=O) groups excluding carboxylic acids is 1. The minimum absolute atomic E-state index is 0.144. The van der Waals surface area contributed by atoms with Gasteiger partial charge in [-0.2, -0.15) is 0 Å². The lowest BCUT2D eigenvalue weighted by molar-refractivity contribution is -0.116. The molecule has 0 fully saturated rings. The van der Waals surface area contributed by atoms with Gasteiger partial charge in [0.15, 0.2) is 0 Å². The zero-order valence-corrected chi connectivity index (χ0v) is 20.3. The summed E-state index contributed by atoms with van der Waals surface area (Å²) in [4.78, 5) is 9.95. The normalized spacial score (nSPS) is 9.18. The summed E-state index contributed by atoms with van der Waals surface area (Å²) >= 11 is 0. The van der Waals surface area contributed by atoms with Gasteiger partial charge < -0.3 is 30.2 Å². The van der Waals surface area contributed by atoms with Crippen LogP contribution in [-0.4, -0.2) is 47.4 Å². The Hall–Kier alpha value is -3.97. The van der Waals surface area contributed by atoms with Gasteiger partial charge in [-0.15, -0.1) is 0 Å². The van der Waals surface area contributed by atoms with E-state index in [-0.39, 0.29) is 5.91 Å². The summed E-state index contributed by atoms with van der Waals surface area (Å²) in [6, 6.07) is 25.4. The van der Waals surface area contributed by atoms with Crippen molar-refractivity contribution < 1.29 is 19.0 Å². The van der Waals surface area contributed by atoms with E-state index in [9.17, 15) is 4.79 Å². The lowest BCUT2D eigenvalue weighted by Crippen LogP contribution is -2.13. The minimum atomic E-state index is -0.144. The van der Waals surface area contributed by atoms with Crippen molar-refractivity contribution in [2.24, 2.45) is 0 Å². The number of carbonyl (C=O) groups is 1. The zero-order valence-electron chi connectivity index (χ0n) is 20.3. The first kappa shape index (κ1) is 28.1. The molecule has 7 nitrogen and oxygen atoms in total. The van der Waals surface area contributed by atoms with E-state index in [0.717, 1.165) is 28.6 Å². The molecule has 3 N–H and O–H groups in total. The molecule has 1 amide bonds. The van der Waals surface area contributed by atoms with Crippen molar-refractivity contribution in [3.63, 3.8) is 0 Å². The van der Waals surface area contributed by atoms with E-state index in [0.29, 0.717) is 13.2 Å². The molecule has 3 rings (SSSR count). The molecular weight excluding hydrogens is 430 g/mol. The van der Waals surface area contributed by atoms with Crippen LogP contribution in [0.5, 0.6) is 17.2 Å². The average molecular weight is 466 g/mol. The lowest BCUT2D eigenvalue weighted by Gasteiger charge is -2.06. The second-order valence-electron chi connectivity index (χ2n) is 6.62. The lowest BCUT2D eigenvalue weighted by atomic mass is 10.3. The number of methoxy groups -OCH3 is 1. The van der Waals surface area contributed by atoms with E-state index >= 15 is 0 Å². The zero-order chi connectivity index (χ0) is 25.0. The van der Waals surface area contributed by atoms with Crippen LogP contribution in [0.15, 0.2) is 91.5 Å². The average Bonchev–Trinajstić information content (AvgIpc) is 2.90. The fourth-order valence-electron chi connectivity index (χ4n) is 2.38. The predicted molar refractivity (Wildman–Crippen MR) is 140 cm³/mol. The standard InChI is InChI=1S/C13H13NO.C10H15NO2.C4H7NO/c1-14-11-7-9-13(10-8-11)15-12-5-3-2-4-6-12;1-11-9-3-5-10(6-4-9)13-8-7-12-2;1-3-4(6)5-2/h2-10,14H,1H3;3-6,11H,7-8H2,1-2H3;3H,1H2,2H3,(H,5,6). The van der Waals surface area contributed by atoms with Gasteiger partial charge in [0, 0.05) is 39.6 Å². The number of ether oxygens (including phenoxy) is 3. The second-order valence-corrected chi connectivity index (χ2v) is 6.62. The quantitative estimate of drug-likeness (QED) is 0.298. The summed E-state index contributed by atoms with van der Waals surface area (Å²) in [5.74, 6) is 2.43. The first-order valence-electron chi connectivity index (χ1n) is 10.8. The molecule has 0 spiro atoms. The minimum Gasteiger partial charge on any atom is -0.491 e. The van der Waals surface area contributed by atoms with E-state index in [1.807, 2.05) is 93.0 Å². The SMILES string of the molecule is C=CC(=O)NC.CNc1ccc(OCCOC)cc1.CNc1ccc(Oc2ccccc2)cc1. The molecule has 0 aliphatic heterocycles. The fraction of sp³-hybridized carbons (Fsp3) is 0.222. The van der Waals surface area contributed by atoms with E-state index < -0.39 is 0 Å². The molecule has 3 aromatic rings. The van der Waals surface area contributed by atoms with Crippen LogP contribution in [0.2, 0.25) is 0 Å². The van der Waals surface area contributed by atoms with Gasteiger partial charge in [0.05, 0.1) is 6.61 Å². The van der Waals surface area contributed by atoms with E-state index in [1.54, 1.807) is 14.2 Å². The summed E-state index contributed by atoms with van der Waals surface area (Å²) in [5, 5.41) is 8.46. The van der Waals surface area contributed by atoms with Gasteiger partial charge >= 0.3 is 0 Å². The van der Waals surface area contributed by atoms with E-state index in [2.05, 4.69) is 22.5 Å². The molecule has 0 unspecified atom stereocenters. The van der Waals surface area contributed by atoms with Gasteiger partial charge in [-0.3, -0.25) is 4.79 Å². The van der Waals surface area contributed by atoms with Gasteiger partial charge in [0.1, 0.15) is 23.9 Å². The van der Waals surface area contributed by atoms with Crippen molar-refractivity contribution in [3.05, 3.63) is 91.5 Å². The molecule has 182 valence electrons. The largest absolute Gasteiger partial charge is 0.491 e. The maximum Gasteiger partial charge on any atom is 0.243 e. The van der Waals surface area contributed by atoms with E-state index in [1.165, 1.54) is 6.08 Å². The van der Waals surface area contributed by atoms with Crippen LogP contribution in [0, 0.1) is 0 Å². The molecular formula is C27H35N3O4. The molecule has 0 heterocycles. The number of anilines is 2. The maximum absolute atomic E-state index is 9.95. The number of rotatable bonds is 9. The molecule has 34 heavy (non-hydrogen) atoms. The Bertz CT molecular complexity index is 930. The molecule has 0 saturated carbocycles. The third-order valence-corrected chi connectivity index (χ3v) is 4.25. The van der Waals surface area contributed by atoms with Gasteiger partial charge in [0.25, 0.3) is 0 Å². The summed E-state index contributed by atoms with van der Waals surface area (Å²) in [5.41, 5.74) is 2.16. The summed E-state index contributed by atoms with van der Waals surface area (Å²) < 4.78 is 15.9. The molecule has 0 atom stereocenters. The highest BCUT2D eigenvalue weighted by Gasteiger charge is 1.96. The number of hydrogen-bond donors (Lipinski definition) is 3. The van der Waals surface area contributed by atoms with Crippen molar-refractivity contribution in [1.82, 2.24) is 5.32 Å². The first-order valence-corrected chi connectivity index (χ1v) is 10.8. The van der Waals surface area contributed by atoms with E-state index in [4.69, 9.17) is 14.2 Å². The summed E-state index contributed by atoms with van der Waals surface area (Å²) in [7, 11) is 7.01. The maximum atomic E-state index is 9.95. The highest BCUT2D eigenvalue weighted by Crippen LogP contribution is 2.22. The monoisotopic (exact) mass is 465 g/mol. The topological polar surface area (TPSA) is 80.9 Å². The van der Waals surface area contributed by atoms with Gasteiger partial charge in [-0.1, -0.05) is 24.8 Å². The Balaban J connectivity index is 0.000000279. The molecule has 0 radical (unpaired) electrons. The van der Waals surface area contributed by atoms with Crippen molar-refractivity contribution in [2.75, 3.05) is 52.1 Å². The van der Waals surface area contributed by atoms with Gasteiger partial charge in [-0.05, 0) is 66.7 Å². The number of para-hydroxylation sites is 1. The Morgan fingerprint density at radius 1 is 0.765 bits per heavy atom. The Morgan fingerprint density at radius 3 is 1.68 bits per heavy atom. The molecule has 0 saturated heterocycles. The van der Waals surface area contributed by atoms with Crippen LogP contribution in [0.3, 0.4) is 0 Å². The summed E-state index contributed by atoms with van der Waals surface area (Å²) in [6.07, 6.45) is 1.22. The Morgan fingerprint density at radius 2 is 1.26 bits per heavy atom. The number of likely N-dealkylation sites (N-methyl/N-ethyl adjacent to an activating group) is 1. The van der Waals surface area contributed by atoms with Gasteiger partial charge in [0.2, 0.25) is 5.91 Å². The highest BCUT2D eigenvalue weighted by molar-refractivity contribution is 5.86. The van der Waals surface area contributed by atoms with Crippen LogP contribution >= 0.6 is 0 Å². The number of nitrogens with one attached hydrogen (secondary N) is 3. The molecule has 0 bridgehead atoms. The van der Waals surface area contributed by atoms with Crippen molar-refractivity contribution in [3.8, 4) is 17.2 Å². The van der Waals surface area contributed by atoms with Crippen LogP contribution in [0.25, 0.3) is 0 Å². The third kappa shape index (κ3) is 12.2. The summed E-state index contributed by atoms with van der Waals surface area (Å²) in [6.45, 7) is 4.43. The first-order chi connectivity index (χ1) is 16.6. The predicted octanol–water partition coefficient (Wildman–Crippen LogP) is 5.19. The molecule has 0 aliphatic rings. The second kappa shape index (κ2) is 17.6. The number of benzene rings is 3. The fourth-order valence-corrected chi connectivity index (χ4v) is 2.38. The van der Waals surface area contributed by atoms with Gasteiger partial charge in [-0.25, -0.2) is 0 Å². The molecule has 0 aliphatic carbocycles. The highest BCUT2D eigenvalue weighted by atomic mass is 16.5. The Labute approximate surface area is 202 Å². The Kier molecular flexibility index (Phi) is 14.5. The third-order valence-electron chi connectivity index (χ3n) is 4.25. The molecule has 0 aromatic heterocycles.